The van der Waals surface area contributed by atoms with Gasteiger partial charge < -0.3 is 10.7 Å². The summed E-state index contributed by atoms with van der Waals surface area (Å²) in [6.07, 6.45) is 4.74. The highest BCUT2D eigenvalue weighted by molar-refractivity contribution is 6.04. The molecule has 0 atom stereocenters. The van der Waals surface area contributed by atoms with Crippen LogP contribution in [0.5, 0.6) is 0 Å². The Balaban J connectivity index is 2.14. The number of hydrogen-bond donors (Lipinski definition) is 3. The van der Waals surface area contributed by atoms with Crippen LogP contribution in [0.1, 0.15) is 15.9 Å². The summed E-state index contributed by atoms with van der Waals surface area (Å²) in [4.78, 5) is 19.9. The lowest BCUT2D eigenvalue weighted by Crippen LogP contribution is -2.14. The molecule has 0 radical (unpaired) electrons. The highest BCUT2D eigenvalue weighted by Crippen LogP contribution is 2.13. The van der Waals surface area contributed by atoms with Crippen LogP contribution < -0.4 is 16.6 Å². The third-order valence-corrected chi connectivity index (χ3v) is 2.46. The molecule has 0 spiro atoms. The van der Waals surface area contributed by atoms with Crippen molar-refractivity contribution in [3.05, 3.63) is 47.9 Å². The van der Waals surface area contributed by atoms with Crippen LogP contribution in [-0.4, -0.2) is 15.9 Å². The predicted octanol–water partition coefficient (Wildman–Crippen LogP) is 1.32. The van der Waals surface area contributed by atoms with Crippen molar-refractivity contribution in [3.63, 3.8) is 0 Å². The van der Waals surface area contributed by atoms with Gasteiger partial charge in [0.2, 0.25) is 0 Å². The van der Waals surface area contributed by atoms with Crippen molar-refractivity contribution in [2.45, 2.75) is 6.92 Å². The Morgan fingerprint density at radius 1 is 1.28 bits per heavy atom. The zero-order chi connectivity index (χ0) is 13.0. The summed E-state index contributed by atoms with van der Waals surface area (Å²) in [6, 6.07) is 5.10. The number of nitrogens with two attached hydrogens (primary N) is 1. The average Bonchev–Trinajstić information content (AvgIpc) is 2.41. The van der Waals surface area contributed by atoms with Crippen molar-refractivity contribution >= 4 is 17.4 Å². The lowest BCUT2D eigenvalue weighted by molar-refractivity contribution is 0.102. The Hall–Kier alpha value is -2.47. The number of aryl methyl sites for hydroxylation is 1. The number of carbonyl (C=O) groups is 1. The molecule has 2 rings (SSSR count). The number of hydrazine groups is 1. The number of pyridine rings is 2. The van der Waals surface area contributed by atoms with Crippen LogP contribution in [0.15, 0.2) is 36.8 Å². The maximum atomic E-state index is 11.9. The van der Waals surface area contributed by atoms with Gasteiger partial charge in [-0.25, -0.2) is 10.8 Å². The molecule has 2 aromatic heterocycles. The van der Waals surface area contributed by atoms with Crippen LogP contribution in [0, 0.1) is 6.92 Å². The van der Waals surface area contributed by atoms with E-state index in [0.29, 0.717) is 17.1 Å². The van der Waals surface area contributed by atoms with E-state index >= 15 is 0 Å². The second kappa shape index (κ2) is 5.24. The van der Waals surface area contributed by atoms with Gasteiger partial charge in [0.25, 0.3) is 5.91 Å². The molecule has 0 saturated heterocycles. The number of nitrogen functional groups attached to an aromatic ring is 1. The van der Waals surface area contributed by atoms with Crippen molar-refractivity contribution in [3.8, 4) is 0 Å². The standard InChI is InChI=1S/C12H13N5O/c1-8-4-5-14-7-10(8)16-12(18)9-2-3-11(17-13)15-6-9/h2-7H,13H2,1H3,(H,15,17)(H,16,18). The Kier molecular flexibility index (Phi) is 3.49. The molecular formula is C12H13N5O. The van der Waals surface area contributed by atoms with Gasteiger partial charge >= 0.3 is 0 Å². The van der Waals surface area contributed by atoms with Gasteiger partial charge in [-0.1, -0.05) is 0 Å². The Labute approximate surface area is 104 Å². The van der Waals surface area contributed by atoms with E-state index in [-0.39, 0.29) is 5.91 Å². The van der Waals surface area contributed by atoms with E-state index in [9.17, 15) is 4.79 Å². The van der Waals surface area contributed by atoms with Gasteiger partial charge in [-0.15, -0.1) is 0 Å². The minimum atomic E-state index is -0.234. The molecule has 0 aliphatic carbocycles. The molecule has 2 aromatic rings. The predicted molar refractivity (Wildman–Crippen MR) is 69.0 cm³/mol. The fourth-order valence-corrected chi connectivity index (χ4v) is 1.40. The van der Waals surface area contributed by atoms with Gasteiger partial charge in [-0.2, -0.15) is 0 Å². The Morgan fingerprint density at radius 2 is 2.11 bits per heavy atom. The van der Waals surface area contributed by atoms with Gasteiger partial charge in [0.05, 0.1) is 17.4 Å². The minimum absolute atomic E-state index is 0.234. The van der Waals surface area contributed by atoms with Crippen LogP contribution in [-0.2, 0) is 0 Å². The molecule has 0 unspecified atom stereocenters. The summed E-state index contributed by atoms with van der Waals surface area (Å²) in [6.45, 7) is 1.90. The average molecular weight is 243 g/mol. The highest BCUT2D eigenvalue weighted by atomic mass is 16.1. The molecule has 0 aromatic carbocycles. The van der Waals surface area contributed by atoms with Gasteiger partial charge in [0.1, 0.15) is 5.82 Å². The quantitative estimate of drug-likeness (QED) is 0.558. The zero-order valence-electron chi connectivity index (χ0n) is 9.84. The summed E-state index contributed by atoms with van der Waals surface area (Å²) < 4.78 is 0. The SMILES string of the molecule is Cc1ccncc1NC(=O)c1ccc(NN)nc1. The smallest absolute Gasteiger partial charge is 0.257 e. The van der Waals surface area contributed by atoms with Crippen LogP contribution >= 0.6 is 0 Å². The van der Waals surface area contributed by atoms with Crippen molar-refractivity contribution in [1.29, 1.82) is 0 Å². The molecular weight excluding hydrogens is 230 g/mol. The summed E-state index contributed by atoms with van der Waals surface area (Å²) in [7, 11) is 0. The topological polar surface area (TPSA) is 92.9 Å². The number of anilines is 2. The molecule has 4 N–H and O–H groups in total. The number of aromatic nitrogens is 2. The molecule has 6 heteroatoms. The first-order valence-electron chi connectivity index (χ1n) is 5.35. The lowest BCUT2D eigenvalue weighted by atomic mass is 10.2. The molecule has 6 nitrogen and oxygen atoms in total. The maximum absolute atomic E-state index is 11.9. The summed E-state index contributed by atoms with van der Waals surface area (Å²) in [5.41, 5.74) is 4.49. The van der Waals surface area contributed by atoms with E-state index in [1.54, 1.807) is 24.5 Å². The second-order valence-electron chi connectivity index (χ2n) is 3.72. The molecule has 0 fully saturated rings. The van der Waals surface area contributed by atoms with E-state index in [4.69, 9.17) is 5.84 Å². The summed E-state index contributed by atoms with van der Waals surface area (Å²) in [5, 5.41) is 2.77. The molecule has 0 saturated carbocycles. The van der Waals surface area contributed by atoms with Gasteiger partial charge in [-0.05, 0) is 30.7 Å². The fraction of sp³-hybridized carbons (Fsp3) is 0.0833. The van der Waals surface area contributed by atoms with Crippen molar-refractivity contribution in [2.24, 2.45) is 5.84 Å². The van der Waals surface area contributed by atoms with Gasteiger partial charge in [-0.3, -0.25) is 9.78 Å². The van der Waals surface area contributed by atoms with Gasteiger partial charge in [0.15, 0.2) is 0 Å². The molecule has 18 heavy (non-hydrogen) atoms. The van der Waals surface area contributed by atoms with Crippen molar-refractivity contribution in [1.82, 2.24) is 9.97 Å². The first kappa shape index (κ1) is 12.0. The molecule has 0 aliphatic rings. The van der Waals surface area contributed by atoms with E-state index < -0.39 is 0 Å². The minimum Gasteiger partial charge on any atom is -0.320 e. The molecule has 92 valence electrons. The van der Waals surface area contributed by atoms with Crippen LogP contribution in [0.4, 0.5) is 11.5 Å². The highest BCUT2D eigenvalue weighted by Gasteiger charge is 2.08. The normalized spacial score (nSPS) is 9.89. The van der Waals surface area contributed by atoms with E-state index in [1.807, 2.05) is 13.0 Å². The number of carbonyl (C=O) groups excluding carboxylic acids is 1. The molecule has 1 amide bonds. The lowest BCUT2D eigenvalue weighted by Gasteiger charge is -2.07. The van der Waals surface area contributed by atoms with Crippen LogP contribution in [0.25, 0.3) is 0 Å². The number of rotatable bonds is 3. The number of nitrogens with one attached hydrogen (secondary N) is 2. The zero-order valence-corrected chi connectivity index (χ0v) is 9.84. The fourth-order valence-electron chi connectivity index (χ4n) is 1.40. The largest absolute Gasteiger partial charge is 0.320 e. The molecule has 2 heterocycles. The van der Waals surface area contributed by atoms with Crippen LogP contribution in [0.3, 0.4) is 0 Å². The first-order chi connectivity index (χ1) is 8.70. The third-order valence-electron chi connectivity index (χ3n) is 2.46. The number of nitrogens with zero attached hydrogens (tertiary/aromatic N) is 2. The van der Waals surface area contributed by atoms with Crippen LogP contribution in [0.2, 0.25) is 0 Å². The van der Waals surface area contributed by atoms with Crippen molar-refractivity contribution in [2.75, 3.05) is 10.7 Å². The Bertz CT molecular complexity index is 553. The molecule has 0 aliphatic heterocycles. The molecule has 0 bridgehead atoms. The summed E-state index contributed by atoms with van der Waals surface area (Å²) >= 11 is 0. The second-order valence-corrected chi connectivity index (χ2v) is 3.72. The van der Waals surface area contributed by atoms with Crippen molar-refractivity contribution < 1.29 is 4.79 Å². The maximum Gasteiger partial charge on any atom is 0.257 e. The monoisotopic (exact) mass is 243 g/mol. The van der Waals surface area contributed by atoms with E-state index in [0.717, 1.165) is 5.56 Å². The summed E-state index contributed by atoms with van der Waals surface area (Å²) in [5.74, 6) is 5.47. The Morgan fingerprint density at radius 3 is 2.72 bits per heavy atom. The number of hydrogen-bond acceptors (Lipinski definition) is 5. The van der Waals surface area contributed by atoms with E-state index in [1.165, 1.54) is 6.20 Å². The third kappa shape index (κ3) is 2.61. The van der Waals surface area contributed by atoms with Gasteiger partial charge in [0, 0.05) is 12.4 Å². The van der Waals surface area contributed by atoms with E-state index in [2.05, 4.69) is 20.7 Å². The number of amides is 1. The first-order valence-corrected chi connectivity index (χ1v) is 5.35.